The molecule has 1 atom stereocenters. The van der Waals surface area contributed by atoms with Gasteiger partial charge in [-0.2, -0.15) is 0 Å². The van der Waals surface area contributed by atoms with Gasteiger partial charge in [0.1, 0.15) is 0 Å². The third-order valence-corrected chi connectivity index (χ3v) is 2.91. The molecule has 1 rings (SSSR count). The molecule has 0 amide bonds. The zero-order valence-electron chi connectivity index (χ0n) is 10.9. The van der Waals surface area contributed by atoms with Gasteiger partial charge in [-0.3, -0.25) is 4.98 Å². The van der Waals surface area contributed by atoms with Gasteiger partial charge in [-0.25, -0.2) is 0 Å². The molecule has 2 nitrogen and oxygen atoms in total. The van der Waals surface area contributed by atoms with Gasteiger partial charge < -0.3 is 5.32 Å². The number of rotatable bonds is 9. The van der Waals surface area contributed by atoms with Crippen molar-refractivity contribution in [3.63, 3.8) is 0 Å². The van der Waals surface area contributed by atoms with Crippen LogP contribution in [0, 0.1) is 0 Å². The van der Waals surface area contributed by atoms with Gasteiger partial charge in [0, 0.05) is 18.4 Å². The highest BCUT2D eigenvalue weighted by Gasteiger charge is 2.06. The lowest BCUT2D eigenvalue weighted by Crippen LogP contribution is -2.30. The average molecular weight is 232 g/mol. The highest BCUT2D eigenvalue weighted by molar-refractivity contribution is 5.08. The summed E-state index contributed by atoms with van der Waals surface area (Å²) in [5.74, 6) is 0. The summed E-state index contributed by atoms with van der Waals surface area (Å²) in [6, 6.07) is 4.76. The number of aryl methyl sites for hydroxylation is 1. The molecular formula is C15H24N2. The number of hydrogen-bond acceptors (Lipinski definition) is 2. The highest BCUT2D eigenvalue weighted by Crippen LogP contribution is 2.08. The Morgan fingerprint density at radius 1 is 1.47 bits per heavy atom. The second-order valence-corrected chi connectivity index (χ2v) is 4.42. The number of pyridine rings is 1. The molecule has 0 aliphatic rings. The molecule has 0 aromatic carbocycles. The van der Waals surface area contributed by atoms with Crippen molar-refractivity contribution in [2.75, 3.05) is 6.54 Å². The van der Waals surface area contributed by atoms with Crippen LogP contribution in [0.3, 0.4) is 0 Å². The van der Waals surface area contributed by atoms with E-state index < -0.39 is 0 Å². The van der Waals surface area contributed by atoms with E-state index in [2.05, 4.69) is 29.9 Å². The molecule has 1 heterocycles. The average Bonchev–Trinajstić information content (AvgIpc) is 2.39. The molecular weight excluding hydrogens is 208 g/mol. The summed E-state index contributed by atoms with van der Waals surface area (Å²) in [6.45, 7) is 7.11. The third-order valence-electron chi connectivity index (χ3n) is 2.91. The molecule has 0 fully saturated rings. The number of nitrogens with one attached hydrogen (secondary N) is 1. The monoisotopic (exact) mass is 232 g/mol. The first-order valence-corrected chi connectivity index (χ1v) is 6.60. The van der Waals surface area contributed by atoms with Crippen molar-refractivity contribution < 1.29 is 0 Å². The molecule has 0 spiro atoms. The van der Waals surface area contributed by atoms with E-state index in [0.29, 0.717) is 6.04 Å². The fourth-order valence-corrected chi connectivity index (χ4v) is 1.90. The zero-order valence-corrected chi connectivity index (χ0v) is 10.9. The molecule has 0 radical (unpaired) electrons. The van der Waals surface area contributed by atoms with Crippen LogP contribution in [-0.4, -0.2) is 17.6 Å². The van der Waals surface area contributed by atoms with Crippen molar-refractivity contribution in [2.45, 2.75) is 45.1 Å². The Labute approximate surface area is 105 Å². The molecule has 0 saturated heterocycles. The second kappa shape index (κ2) is 8.94. The van der Waals surface area contributed by atoms with Crippen molar-refractivity contribution in [3.8, 4) is 0 Å². The van der Waals surface area contributed by atoms with Crippen molar-refractivity contribution in [3.05, 3.63) is 42.7 Å². The number of allylic oxidation sites excluding steroid dienone is 1. The number of hydrogen-bond donors (Lipinski definition) is 1. The first-order chi connectivity index (χ1) is 8.36. The SMILES string of the molecule is C=CCCC(CCc1cccnc1)NCCC. The number of nitrogens with zero attached hydrogens (tertiary/aromatic N) is 1. The van der Waals surface area contributed by atoms with Crippen LogP contribution in [0.4, 0.5) is 0 Å². The smallest absolute Gasteiger partial charge is 0.0299 e. The standard InChI is InChI=1S/C15H24N2/c1-3-5-8-15(17-11-4-2)10-9-14-7-6-12-16-13-14/h3,6-7,12-13,15,17H,1,4-5,8-11H2,2H3. The van der Waals surface area contributed by atoms with Gasteiger partial charge in [0.15, 0.2) is 0 Å². The first-order valence-electron chi connectivity index (χ1n) is 6.60. The predicted molar refractivity (Wildman–Crippen MR) is 74.1 cm³/mol. The van der Waals surface area contributed by atoms with Crippen LogP contribution >= 0.6 is 0 Å². The maximum atomic E-state index is 4.15. The molecule has 94 valence electrons. The van der Waals surface area contributed by atoms with Crippen LogP contribution in [0.15, 0.2) is 37.2 Å². The van der Waals surface area contributed by atoms with Crippen LogP contribution in [-0.2, 0) is 6.42 Å². The highest BCUT2D eigenvalue weighted by atomic mass is 14.9. The molecule has 2 heteroatoms. The van der Waals surface area contributed by atoms with E-state index in [1.165, 1.54) is 24.8 Å². The molecule has 1 N–H and O–H groups in total. The van der Waals surface area contributed by atoms with Crippen LogP contribution in [0.25, 0.3) is 0 Å². The van der Waals surface area contributed by atoms with Crippen molar-refractivity contribution >= 4 is 0 Å². The Kier molecular flexibility index (Phi) is 7.32. The van der Waals surface area contributed by atoms with Gasteiger partial charge >= 0.3 is 0 Å². The molecule has 0 bridgehead atoms. The van der Waals surface area contributed by atoms with Gasteiger partial charge in [-0.15, -0.1) is 6.58 Å². The Hall–Kier alpha value is -1.15. The summed E-state index contributed by atoms with van der Waals surface area (Å²) < 4.78 is 0. The maximum absolute atomic E-state index is 4.15. The minimum absolute atomic E-state index is 0.605. The summed E-state index contributed by atoms with van der Waals surface area (Å²) >= 11 is 0. The fourth-order valence-electron chi connectivity index (χ4n) is 1.90. The van der Waals surface area contributed by atoms with Gasteiger partial charge in [0.05, 0.1) is 0 Å². The molecule has 1 unspecified atom stereocenters. The molecule has 1 aromatic heterocycles. The summed E-state index contributed by atoms with van der Waals surface area (Å²) in [7, 11) is 0. The molecule has 0 aliphatic heterocycles. The fraction of sp³-hybridized carbons (Fsp3) is 0.533. The Bertz CT molecular complexity index is 295. The molecule has 0 aliphatic carbocycles. The second-order valence-electron chi connectivity index (χ2n) is 4.42. The summed E-state index contributed by atoms with van der Waals surface area (Å²) in [5.41, 5.74) is 1.33. The predicted octanol–water partition coefficient (Wildman–Crippen LogP) is 3.35. The van der Waals surface area contributed by atoms with E-state index in [1.807, 2.05) is 24.5 Å². The summed E-state index contributed by atoms with van der Waals surface area (Å²) in [4.78, 5) is 4.15. The van der Waals surface area contributed by atoms with Crippen LogP contribution in [0.5, 0.6) is 0 Å². The maximum Gasteiger partial charge on any atom is 0.0299 e. The Morgan fingerprint density at radius 3 is 3.00 bits per heavy atom. The van der Waals surface area contributed by atoms with Crippen LogP contribution in [0.2, 0.25) is 0 Å². The van der Waals surface area contributed by atoms with Gasteiger partial charge in [-0.1, -0.05) is 19.1 Å². The number of aromatic nitrogens is 1. The normalized spacial score (nSPS) is 12.3. The van der Waals surface area contributed by atoms with E-state index in [9.17, 15) is 0 Å². The summed E-state index contributed by atoms with van der Waals surface area (Å²) in [5, 5.41) is 3.61. The van der Waals surface area contributed by atoms with E-state index in [4.69, 9.17) is 0 Å². The molecule has 0 saturated carbocycles. The first kappa shape index (κ1) is 13.9. The lowest BCUT2D eigenvalue weighted by atomic mass is 10.0. The third kappa shape index (κ3) is 6.22. The zero-order chi connectivity index (χ0) is 12.3. The Morgan fingerprint density at radius 2 is 2.35 bits per heavy atom. The van der Waals surface area contributed by atoms with Crippen molar-refractivity contribution in [1.29, 1.82) is 0 Å². The van der Waals surface area contributed by atoms with Crippen LogP contribution in [0.1, 0.15) is 38.2 Å². The lowest BCUT2D eigenvalue weighted by Gasteiger charge is -2.17. The summed E-state index contributed by atoms with van der Waals surface area (Å²) in [6.07, 6.45) is 11.5. The Balaban J connectivity index is 2.34. The topological polar surface area (TPSA) is 24.9 Å². The lowest BCUT2D eigenvalue weighted by molar-refractivity contribution is 0.456. The van der Waals surface area contributed by atoms with Gasteiger partial charge in [0.2, 0.25) is 0 Å². The van der Waals surface area contributed by atoms with Crippen molar-refractivity contribution in [1.82, 2.24) is 10.3 Å². The van der Waals surface area contributed by atoms with E-state index >= 15 is 0 Å². The van der Waals surface area contributed by atoms with Gasteiger partial charge in [-0.05, 0) is 50.3 Å². The van der Waals surface area contributed by atoms with Crippen molar-refractivity contribution in [2.24, 2.45) is 0 Å². The van der Waals surface area contributed by atoms with E-state index in [-0.39, 0.29) is 0 Å². The van der Waals surface area contributed by atoms with E-state index in [1.54, 1.807) is 0 Å². The molecule has 17 heavy (non-hydrogen) atoms. The van der Waals surface area contributed by atoms with Gasteiger partial charge in [0.25, 0.3) is 0 Å². The minimum atomic E-state index is 0.605. The van der Waals surface area contributed by atoms with E-state index in [0.717, 1.165) is 19.4 Å². The molecule has 1 aromatic rings. The largest absolute Gasteiger partial charge is 0.314 e. The minimum Gasteiger partial charge on any atom is -0.314 e. The quantitative estimate of drug-likeness (QED) is 0.660. The van der Waals surface area contributed by atoms with Crippen LogP contribution < -0.4 is 5.32 Å².